The normalized spacial score (nSPS) is 10.7. The molecule has 2 rings (SSSR count). The summed E-state index contributed by atoms with van der Waals surface area (Å²) in [6.45, 7) is 4.24. The van der Waals surface area contributed by atoms with Gasteiger partial charge in [-0.1, -0.05) is 6.08 Å². The molecule has 0 radical (unpaired) electrons. The molecule has 2 heterocycles. The molecule has 2 aromatic rings. The number of aromatic amines is 1. The SMILES string of the molecule is C=CCCn1cc(N)c2cc[nH]c2c1=O. The number of nitrogens with one attached hydrogen (secondary N) is 1. The van der Waals surface area contributed by atoms with Crippen molar-refractivity contribution in [3.63, 3.8) is 0 Å². The van der Waals surface area contributed by atoms with Crippen molar-refractivity contribution >= 4 is 16.6 Å². The first-order chi connectivity index (χ1) is 7.24. The van der Waals surface area contributed by atoms with Crippen LogP contribution in [0.4, 0.5) is 5.69 Å². The Morgan fingerprint density at radius 2 is 2.40 bits per heavy atom. The number of anilines is 1. The zero-order valence-corrected chi connectivity index (χ0v) is 8.36. The minimum absolute atomic E-state index is 0.0361. The van der Waals surface area contributed by atoms with Gasteiger partial charge in [0.25, 0.3) is 5.56 Å². The van der Waals surface area contributed by atoms with E-state index in [9.17, 15) is 4.79 Å². The van der Waals surface area contributed by atoms with Crippen LogP contribution in [-0.4, -0.2) is 9.55 Å². The van der Waals surface area contributed by atoms with Crippen molar-refractivity contribution in [1.29, 1.82) is 0 Å². The largest absolute Gasteiger partial charge is 0.397 e. The van der Waals surface area contributed by atoms with Crippen molar-refractivity contribution in [3.05, 3.63) is 41.5 Å². The standard InChI is InChI=1S/C11H13N3O/c1-2-3-6-14-7-9(12)8-4-5-13-10(8)11(14)15/h2,4-5,7,13H,1,3,6,12H2. The van der Waals surface area contributed by atoms with Gasteiger partial charge in [-0.3, -0.25) is 4.79 Å². The van der Waals surface area contributed by atoms with Gasteiger partial charge >= 0.3 is 0 Å². The van der Waals surface area contributed by atoms with Gasteiger partial charge in [-0.2, -0.15) is 0 Å². The average Bonchev–Trinajstić information content (AvgIpc) is 2.70. The first-order valence-corrected chi connectivity index (χ1v) is 4.81. The fraction of sp³-hybridized carbons (Fsp3) is 0.182. The van der Waals surface area contributed by atoms with Crippen LogP contribution in [0.1, 0.15) is 6.42 Å². The molecule has 4 heteroatoms. The highest BCUT2D eigenvalue weighted by molar-refractivity contribution is 5.89. The summed E-state index contributed by atoms with van der Waals surface area (Å²) in [6.07, 6.45) is 5.94. The number of allylic oxidation sites excluding steroid dienone is 1. The van der Waals surface area contributed by atoms with Crippen molar-refractivity contribution in [2.75, 3.05) is 5.73 Å². The van der Waals surface area contributed by atoms with Crippen LogP contribution in [0.5, 0.6) is 0 Å². The predicted molar refractivity (Wildman–Crippen MR) is 61.8 cm³/mol. The summed E-state index contributed by atoms with van der Waals surface area (Å²) >= 11 is 0. The summed E-state index contributed by atoms with van der Waals surface area (Å²) in [5, 5.41) is 0.787. The number of aryl methyl sites for hydroxylation is 1. The van der Waals surface area contributed by atoms with Crippen LogP contribution in [0.15, 0.2) is 35.9 Å². The van der Waals surface area contributed by atoms with Crippen molar-refractivity contribution in [2.24, 2.45) is 0 Å². The Labute approximate surface area is 87.0 Å². The summed E-state index contributed by atoms with van der Waals surface area (Å²) in [5.74, 6) is 0. The molecule has 4 nitrogen and oxygen atoms in total. The highest BCUT2D eigenvalue weighted by atomic mass is 16.1. The van der Waals surface area contributed by atoms with E-state index in [0.717, 1.165) is 11.8 Å². The molecule has 0 saturated heterocycles. The van der Waals surface area contributed by atoms with E-state index in [2.05, 4.69) is 11.6 Å². The monoisotopic (exact) mass is 203 g/mol. The number of nitrogens with two attached hydrogens (primary N) is 1. The smallest absolute Gasteiger partial charge is 0.274 e. The van der Waals surface area contributed by atoms with Gasteiger partial charge in [-0.05, 0) is 12.5 Å². The molecule has 0 atom stereocenters. The van der Waals surface area contributed by atoms with Gasteiger partial charge < -0.3 is 15.3 Å². The van der Waals surface area contributed by atoms with Crippen LogP contribution < -0.4 is 11.3 Å². The number of aromatic nitrogens is 2. The Morgan fingerprint density at radius 3 is 3.13 bits per heavy atom. The van der Waals surface area contributed by atoms with E-state index >= 15 is 0 Å². The maximum absolute atomic E-state index is 11.9. The van der Waals surface area contributed by atoms with Crippen LogP contribution in [-0.2, 0) is 6.54 Å². The molecule has 3 N–H and O–H groups in total. The molecule has 0 spiro atoms. The van der Waals surface area contributed by atoms with E-state index in [1.54, 1.807) is 23.0 Å². The molecule has 0 aliphatic rings. The number of hydrogen-bond donors (Lipinski definition) is 2. The van der Waals surface area contributed by atoms with Crippen molar-refractivity contribution in [2.45, 2.75) is 13.0 Å². The second kappa shape index (κ2) is 3.65. The molecule has 0 fully saturated rings. The highest BCUT2D eigenvalue weighted by Gasteiger charge is 2.06. The Morgan fingerprint density at radius 1 is 1.60 bits per heavy atom. The maximum atomic E-state index is 11.9. The molecular formula is C11H13N3O. The number of fused-ring (bicyclic) bond motifs is 1. The van der Waals surface area contributed by atoms with Gasteiger partial charge in [0.2, 0.25) is 0 Å². The molecule has 15 heavy (non-hydrogen) atoms. The number of nitrogens with zero attached hydrogens (tertiary/aromatic N) is 1. The lowest BCUT2D eigenvalue weighted by Gasteiger charge is -2.05. The Bertz CT molecular complexity index is 550. The number of rotatable bonds is 3. The van der Waals surface area contributed by atoms with Gasteiger partial charge in [0.05, 0.1) is 5.69 Å². The average molecular weight is 203 g/mol. The third kappa shape index (κ3) is 1.54. The van der Waals surface area contributed by atoms with Gasteiger partial charge in [-0.15, -0.1) is 6.58 Å². The quantitative estimate of drug-likeness (QED) is 0.742. The predicted octanol–water partition coefficient (Wildman–Crippen LogP) is 1.49. The van der Waals surface area contributed by atoms with Crippen LogP contribution >= 0.6 is 0 Å². The summed E-state index contributed by atoms with van der Waals surface area (Å²) in [4.78, 5) is 14.8. The van der Waals surface area contributed by atoms with Crippen LogP contribution in [0.3, 0.4) is 0 Å². The Kier molecular flexibility index (Phi) is 2.33. The first-order valence-electron chi connectivity index (χ1n) is 4.81. The van der Waals surface area contributed by atoms with Crippen LogP contribution in [0.2, 0.25) is 0 Å². The highest BCUT2D eigenvalue weighted by Crippen LogP contribution is 2.15. The van der Waals surface area contributed by atoms with Gasteiger partial charge in [0.1, 0.15) is 5.52 Å². The summed E-state index contributed by atoms with van der Waals surface area (Å²) in [6, 6.07) is 1.81. The fourth-order valence-corrected chi connectivity index (χ4v) is 1.62. The zero-order valence-electron chi connectivity index (χ0n) is 8.36. The van der Waals surface area contributed by atoms with Crippen LogP contribution in [0.25, 0.3) is 10.9 Å². The van der Waals surface area contributed by atoms with E-state index in [4.69, 9.17) is 5.73 Å². The van der Waals surface area contributed by atoms with Gasteiger partial charge in [-0.25, -0.2) is 0 Å². The minimum atomic E-state index is -0.0361. The Balaban J connectivity index is 2.61. The zero-order chi connectivity index (χ0) is 10.8. The number of pyridine rings is 1. The summed E-state index contributed by atoms with van der Waals surface area (Å²) in [5.41, 5.74) is 6.99. The number of nitrogen functional groups attached to an aromatic ring is 1. The lowest BCUT2D eigenvalue weighted by Crippen LogP contribution is -2.20. The number of hydrogen-bond acceptors (Lipinski definition) is 2. The first kappa shape index (κ1) is 9.58. The summed E-state index contributed by atoms with van der Waals surface area (Å²) < 4.78 is 1.61. The molecule has 0 bridgehead atoms. The van der Waals surface area contributed by atoms with E-state index in [1.165, 1.54) is 0 Å². The van der Waals surface area contributed by atoms with Crippen molar-refractivity contribution < 1.29 is 0 Å². The van der Waals surface area contributed by atoms with E-state index in [-0.39, 0.29) is 5.56 Å². The van der Waals surface area contributed by atoms with E-state index in [1.807, 2.05) is 6.07 Å². The van der Waals surface area contributed by atoms with Crippen LogP contribution in [0, 0.1) is 0 Å². The molecule has 2 aromatic heterocycles. The molecule has 0 saturated carbocycles. The lowest BCUT2D eigenvalue weighted by atomic mass is 10.2. The summed E-state index contributed by atoms with van der Waals surface area (Å²) in [7, 11) is 0. The molecule has 0 aliphatic heterocycles. The molecule has 0 aliphatic carbocycles. The second-order valence-corrected chi connectivity index (χ2v) is 3.43. The molecule has 78 valence electrons. The van der Waals surface area contributed by atoms with Crippen molar-refractivity contribution in [3.8, 4) is 0 Å². The minimum Gasteiger partial charge on any atom is -0.397 e. The maximum Gasteiger partial charge on any atom is 0.274 e. The van der Waals surface area contributed by atoms with Gasteiger partial charge in [0.15, 0.2) is 0 Å². The third-order valence-corrected chi connectivity index (χ3v) is 2.40. The lowest BCUT2D eigenvalue weighted by molar-refractivity contribution is 0.688. The van der Waals surface area contributed by atoms with E-state index in [0.29, 0.717) is 17.7 Å². The second-order valence-electron chi connectivity index (χ2n) is 3.43. The molecule has 0 amide bonds. The molecule has 0 unspecified atom stereocenters. The van der Waals surface area contributed by atoms with Crippen molar-refractivity contribution in [1.82, 2.24) is 9.55 Å². The third-order valence-electron chi connectivity index (χ3n) is 2.40. The number of H-pyrrole nitrogens is 1. The Hall–Kier alpha value is -1.97. The topological polar surface area (TPSA) is 63.8 Å². The van der Waals surface area contributed by atoms with E-state index < -0.39 is 0 Å². The fourth-order valence-electron chi connectivity index (χ4n) is 1.62. The van der Waals surface area contributed by atoms with Gasteiger partial charge in [0, 0.05) is 24.3 Å². The molecule has 0 aromatic carbocycles. The molecular weight excluding hydrogens is 190 g/mol.